The van der Waals surface area contributed by atoms with E-state index in [1.165, 1.54) is 0 Å². The molecule has 0 spiro atoms. The molecule has 0 amide bonds. The Balaban J connectivity index is 0. The van der Waals surface area contributed by atoms with Gasteiger partial charge in [-0.15, -0.1) is 0 Å². The van der Waals surface area contributed by atoms with Gasteiger partial charge in [0.25, 0.3) is 0 Å². The molecule has 0 atom stereocenters. The highest BCUT2D eigenvalue weighted by atomic mass is 19.1. The van der Waals surface area contributed by atoms with Gasteiger partial charge in [0.05, 0.1) is 0 Å². The molecule has 10 heavy (non-hydrogen) atoms. The molecule has 0 rings (SSSR count). The molecule has 0 aliphatic rings. The molecule has 0 unspecified atom stereocenters. The van der Waals surface area contributed by atoms with Crippen LogP contribution in [0.3, 0.4) is 0 Å². The lowest BCUT2D eigenvalue weighted by Gasteiger charge is -2.11. The van der Waals surface area contributed by atoms with E-state index >= 15 is 0 Å². The second-order valence-electron chi connectivity index (χ2n) is 2.46. The first-order valence-electron chi connectivity index (χ1n) is 3.74. The molecular formula is C8H19FO. The lowest BCUT2D eigenvalue weighted by molar-refractivity contribution is 0.120. The summed E-state index contributed by atoms with van der Waals surface area (Å²) >= 11 is 0. The van der Waals surface area contributed by atoms with Crippen molar-refractivity contribution < 1.29 is 9.13 Å². The number of rotatable bonds is 3. The molecule has 0 fully saturated rings. The van der Waals surface area contributed by atoms with Crippen LogP contribution in [0.15, 0.2) is 0 Å². The molecule has 2 heteroatoms. The maximum atomic E-state index is 12.5. The zero-order valence-electron chi connectivity index (χ0n) is 7.70. The summed E-state index contributed by atoms with van der Waals surface area (Å²) in [7, 11) is 1.58. The van der Waals surface area contributed by atoms with Gasteiger partial charge in [-0.05, 0) is 13.8 Å². The van der Waals surface area contributed by atoms with Crippen LogP contribution in [0.25, 0.3) is 0 Å². The van der Waals surface area contributed by atoms with Crippen molar-refractivity contribution in [1.82, 2.24) is 0 Å². The van der Waals surface area contributed by atoms with E-state index in [0.717, 1.165) is 0 Å². The zero-order chi connectivity index (χ0) is 8.62. The van der Waals surface area contributed by atoms with E-state index in [1.54, 1.807) is 21.0 Å². The quantitative estimate of drug-likeness (QED) is 0.601. The predicted molar refractivity (Wildman–Crippen MR) is 43.0 cm³/mol. The van der Waals surface area contributed by atoms with Crippen molar-refractivity contribution in [3.05, 3.63) is 0 Å². The van der Waals surface area contributed by atoms with Gasteiger partial charge in [-0.1, -0.05) is 13.8 Å². The summed E-state index contributed by atoms with van der Waals surface area (Å²) in [5.74, 6) is 0. The molecule has 0 aliphatic heterocycles. The molecule has 1 nitrogen and oxygen atoms in total. The van der Waals surface area contributed by atoms with Crippen molar-refractivity contribution in [3.8, 4) is 0 Å². The van der Waals surface area contributed by atoms with Crippen LogP contribution < -0.4 is 0 Å². The summed E-state index contributed by atoms with van der Waals surface area (Å²) in [5, 5.41) is 0. The largest absolute Gasteiger partial charge is 0.385 e. The van der Waals surface area contributed by atoms with Crippen molar-refractivity contribution >= 4 is 0 Å². The highest BCUT2D eigenvalue weighted by molar-refractivity contribution is 4.63. The Kier molecular flexibility index (Phi) is 8.79. The summed E-state index contributed by atoms with van der Waals surface area (Å²) in [4.78, 5) is 0. The first kappa shape index (κ1) is 12.6. The first-order chi connectivity index (χ1) is 4.56. The van der Waals surface area contributed by atoms with E-state index < -0.39 is 5.67 Å². The maximum absolute atomic E-state index is 12.5. The topological polar surface area (TPSA) is 9.23 Å². The number of hydrogen-bond acceptors (Lipinski definition) is 1. The molecule has 0 aromatic carbocycles. The smallest absolute Gasteiger partial charge is 0.107 e. The van der Waals surface area contributed by atoms with E-state index in [2.05, 4.69) is 4.74 Å². The minimum absolute atomic E-state index is 0.476. The molecule has 64 valence electrons. The molecular weight excluding hydrogens is 131 g/mol. The molecule has 0 aromatic rings. The molecule has 0 bridgehead atoms. The number of halogens is 1. The van der Waals surface area contributed by atoms with Gasteiger partial charge in [0, 0.05) is 20.1 Å². The Hall–Kier alpha value is -0.110. The predicted octanol–water partition coefficient (Wildman–Crippen LogP) is 2.80. The number of alkyl halides is 1. The van der Waals surface area contributed by atoms with E-state index in [1.807, 2.05) is 13.8 Å². The molecule has 0 saturated heterocycles. The van der Waals surface area contributed by atoms with Gasteiger partial charge in [0.15, 0.2) is 0 Å². The van der Waals surface area contributed by atoms with Gasteiger partial charge in [0.1, 0.15) is 5.67 Å². The zero-order valence-corrected chi connectivity index (χ0v) is 7.70. The van der Waals surface area contributed by atoms with Crippen LogP contribution in [0, 0.1) is 0 Å². The van der Waals surface area contributed by atoms with Crippen LogP contribution in [0.1, 0.15) is 34.1 Å². The Morgan fingerprint density at radius 1 is 1.30 bits per heavy atom. The lowest BCUT2D eigenvalue weighted by Crippen LogP contribution is -2.14. The average Bonchev–Trinajstić information content (AvgIpc) is 1.87. The van der Waals surface area contributed by atoms with Crippen LogP contribution >= 0.6 is 0 Å². The number of ether oxygens (including phenoxy) is 1. The molecule has 0 N–H and O–H groups in total. The summed E-state index contributed by atoms with van der Waals surface area (Å²) < 4.78 is 17.2. The van der Waals surface area contributed by atoms with Crippen molar-refractivity contribution in [3.63, 3.8) is 0 Å². The fourth-order valence-corrected chi connectivity index (χ4v) is 0.345. The summed E-state index contributed by atoms with van der Waals surface area (Å²) in [6.07, 6.45) is 0.476. The number of methoxy groups -OCH3 is 1. The lowest BCUT2D eigenvalue weighted by atomic mass is 10.1. The third-order valence-corrected chi connectivity index (χ3v) is 0.901. The summed E-state index contributed by atoms with van der Waals surface area (Å²) in [5.41, 5.74) is -1.07. The molecule has 0 aliphatic carbocycles. The van der Waals surface area contributed by atoms with Crippen LogP contribution in [-0.4, -0.2) is 19.4 Å². The van der Waals surface area contributed by atoms with Crippen LogP contribution in [0.4, 0.5) is 4.39 Å². The summed E-state index contributed by atoms with van der Waals surface area (Å²) in [6.45, 7) is 7.60. The Labute approximate surface area is 63.6 Å². The minimum Gasteiger partial charge on any atom is -0.385 e. The van der Waals surface area contributed by atoms with E-state index in [-0.39, 0.29) is 0 Å². The van der Waals surface area contributed by atoms with E-state index in [9.17, 15) is 4.39 Å². The third-order valence-electron chi connectivity index (χ3n) is 0.901. The molecule has 0 saturated carbocycles. The fourth-order valence-electron chi connectivity index (χ4n) is 0.345. The van der Waals surface area contributed by atoms with Crippen LogP contribution in [0.2, 0.25) is 0 Å². The fraction of sp³-hybridized carbons (Fsp3) is 1.00. The first-order valence-corrected chi connectivity index (χ1v) is 3.74. The van der Waals surface area contributed by atoms with Crippen molar-refractivity contribution in [2.75, 3.05) is 13.7 Å². The number of hydrogen-bond donors (Lipinski definition) is 0. The summed E-state index contributed by atoms with van der Waals surface area (Å²) in [6, 6.07) is 0. The van der Waals surface area contributed by atoms with Crippen LogP contribution in [0.5, 0.6) is 0 Å². The Morgan fingerprint density at radius 3 is 1.80 bits per heavy atom. The van der Waals surface area contributed by atoms with Gasteiger partial charge in [0.2, 0.25) is 0 Å². The second-order valence-corrected chi connectivity index (χ2v) is 2.46. The van der Waals surface area contributed by atoms with E-state index in [0.29, 0.717) is 13.0 Å². The SMILES string of the molecule is CC.COCCC(C)(C)F. The maximum Gasteiger partial charge on any atom is 0.107 e. The molecule has 0 heterocycles. The van der Waals surface area contributed by atoms with Gasteiger partial charge >= 0.3 is 0 Å². The van der Waals surface area contributed by atoms with Gasteiger partial charge in [-0.25, -0.2) is 4.39 Å². The van der Waals surface area contributed by atoms with Crippen molar-refractivity contribution in [1.29, 1.82) is 0 Å². The third kappa shape index (κ3) is 15.7. The average molecular weight is 150 g/mol. The minimum atomic E-state index is -1.07. The molecule has 0 aromatic heterocycles. The monoisotopic (exact) mass is 150 g/mol. The molecule has 0 radical (unpaired) electrons. The Bertz CT molecular complexity index is 56.8. The normalized spacial score (nSPS) is 10.2. The van der Waals surface area contributed by atoms with E-state index in [4.69, 9.17) is 0 Å². The van der Waals surface area contributed by atoms with Gasteiger partial charge < -0.3 is 4.74 Å². The van der Waals surface area contributed by atoms with Gasteiger partial charge in [-0.2, -0.15) is 0 Å². The highest BCUT2D eigenvalue weighted by Crippen LogP contribution is 2.12. The highest BCUT2D eigenvalue weighted by Gasteiger charge is 2.13. The van der Waals surface area contributed by atoms with Crippen molar-refractivity contribution in [2.45, 2.75) is 39.8 Å². The van der Waals surface area contributed by atoms with Crippen LogP contribution in [-0.2, 0) is 4.74 Å². The Morgan fingerprint density at radius 2 is 1.70 bits per heavy atom. The second kappa shape index (κ2) is 7.00. The standard InChI is InChI=1S/C6H13FO.C2H6/c1-6(2,7)4-5-8-3;1-2/h4-5H2,1-3H3;1-2H3. The van der Waals surface area contributed by atoms with Crippen molar-refractivity contribution in [2.24, 2.45) is 0 Å². The van der Waals surface area contributed by atoms with Gasteiger partial charge in [-0.3, -0.25) is 0 Å².